The number of aromatic amines is 1. The van der Waals surface area contributed by atoms with Crippen molar-refractivity contribution in [2.45, 2.75) is 58.4 Å². The predicted molar refractivity (Wildman–Crippen MR) is 118 cm³/mol. The first kappa shape index (κ1) is 19.8. The first-order valence-corrected chi connectivity index (χ1v) is 10.8. The number of benzene rings is 1. The molecule has 29 heavy (non-hydrogen) atoms. The van der Waals surface area contributed by atoms with Crippen molar-refractivity contribution < 1.29 is 4.79 Å². The van der Waals surface area contributed by atoms with Gasteiger partial charge in [-0.25, -0.2) is 14.3 Å². The van der Waals surface area contributed by atoms with Crippen molar-refractivity contribution in [3.63, 3.8) is 0 Å². The van der Waals surface area contributed by atoms with Gasteiger partial charge in [0.05, 0.1) is 24.1 Å². The number of fused-ring (bicyclic) bond motifs is 1. The van der Waals surface area contributed by atoms with Crippen molar-refractivity contribution in [3.8, 4) is 0 Å². The van der Waals surface area contributed by atoms with E-state index in [1.54, 1.807) is 6.33 Å². The van der Waals surface area contributed by atoms with Crippen LogP contribution in [0.2, 0.25) is 0 Å². The van der Waals surface area contributed by atoms with Crippen LogP contribution in [-0.2, 0) is 11.2 Å². The number of rotatable bonds is 7. The Balaban J connectivity index is 1.63. The molecule has 0 spiro atoms. The second-order valence-corrected chi connectivity index (χ2v) is 8.80. The summed E-state index contributed by atoms with van der Waals surface area (Å²) in [4.78, 5) is 24.6. The van der Waals surface area contributed by atoms with Crippen LogP contribution >= 0.6 is 0 Å². The number of pyridine rings is 1. The van der Waals surface area contributed by atoms with Crippen molar-refractivity contribution >= 4 is 23.1 Å². The molecule has 1 aliphatic carbocycles. The van der Waals surface area contributed by atoms with Gasteiger partial charge >= 0.3 is 6.41 Å². The highest BCUT2D eigenvalue weighted by molar-refractivity contribution is 5.76. The second kappa shape index (κ2) is 8.46. The van der Waals surface area contributed by atoms with Crippen LogP contribution in [0.3, 0.4) is 0 Å². The molecule has 2 heterocycles. The summed E-state index contributed by atoms with van der Waals surface area (Å²) >= 11 is 0. The Hall–Kier alpha value is -2.53. The van der Waals surface area contributed by atoms with Crippen LogP contribution < -0.4 is 4.48 Å². The van der Waals surface area contributed by atoms with Crippen LogP contribution in [0, 0.1) is 5.92 Å². The number of quaternary nitrogens is 1. The molecule has 0 aliphatic heterocycles. The third-order valence-electron chi connectivity index (χ3n) is 6.28. The lowest BCUT2D eigenvalue weighted by atomic mass is 9.90. The number of carbonyl (C=O) groups is 1. The first-order valence-electron chi connectivity index (χ1n) is 10.8. The number of hydrogen-bond acceptors (Lipinski definition) is 3. The summed E-state index contributed by atoms with van der Waals surface area (Å²) in [6.07, 6.45) is 11.5. The van der Waals surface area contributed by atoms with Crippen LogP contribution in [0.25, 0.3) is 11.0 Å². The van der Waals surface area contributed by atoms with Gasteiger partial charge in [-0.05, 0) is 36.6 Å². The lowest BCUT2D eigenvalue weighted by Gasteiger charge is -2.41. The first-order chi connectivity index (χ1) is 14.1. The van der Waals surface area contributed by atoms with Crippen molar-refractivity contribution in [3.05, 3.63) is 54.1 Å². The second-order valence-electron chi connectivity index (χ2n) is 8.80. The van der Waals surface area contributed by atoms with Gasteiger partial charge in [0.1, 0.15) is 17.2 Å². The summed E-state index contributed by atoms with van der Waals surface area (Å²) in [5.74, 6) is 0.461. The molecule has 4 rings (SSSR count). The summed E-state index contributed by atoms with van der Waals surface area (Å²) < 4.78 is 0.463. The maximum absolute atomic E-state index is 12.5. The lowest BCUT2D eigenvalue weighted by molar-refractivity contribution is -0.120. The lowest BCUT2D eigenvalue weighted by Crippen LogP contribution is -2.58. The Morgan fingerprint density at radius 2 is 1.86 bits per heavy atom. The van der Waals surface area contributed by atoms with Crippen LogP contribution in [0.1, 0.15) is 57.2 Å². The van der Waals surface area contributed by atoms with Crippen molar-refractivity contribution in [2.24, 2.45) is 5.92 Å². The van der Waals surface area contributed by atoms with Crippen molar-refractivity contribution in [1.29, 1.82) is 0 Å². The Morgan fingerprint density at radius 3 is 2.55 bits per heavy atom. The monoisotopic (exact) mass is 391 g/mol. The number of imidazole rings is 1. The van der Waals surface area contributed by atoms with Crippen LogP contribution in [0.5, 0.6) is 0 Å². The van der Waals surface area contributed by atoms with Gasteiger partial charge in [0.25, 0.3) is 0 Å². The molecule has 1 amide bonds. The highest BCUT2D eigenvalue weighted by atomic mass is 16.1. The van der Waals surface area contributed by atoms with E-state index in [1.165, 1.54) is 31.2 Å². The van der Waals surface area contributed by atoms with Crippen molar-refractivity contribution in [1.82, 2.24) is 19.4 Å². The maximum Gasteiger partial charge on any atom is 0.306 e. The standard InChI is InChI=1S/C24H31N4O/c1-18(2)15-28(17-29,20-6-4-3-5-7-20)21-10-8-19(9-11-21)14-23-24-22(12-13-25-23)26-16-27-24/h8-13,16-18,20H,3-7,14-15H2,1-2H3,(H,26,27)/q+1. The van der Waals surface area contributed by atoms with Gasteiger partial charge in [-0.3, -0.25) is 4.98 Å². The van der Waals surface area contributed by atoms with Crippen LogP contribution in [0.15, 0.2) is 42.9 Å². The molecule has 0 bridgehead atoms. The molecular weight excluding hydrogens is 360 g/mol. The summed E-state index contributed by atoms with van der Waals surface area (Å²) in [6, 6.07) is 11.0. The molecular formula is C24H31N4O+. The summed E-state index contributed by atoms with van der Waals surface area (Å²) in [5, 5.41) is 0. The van der Waals surface area contributed by atoms with Crippen LogP contribution in [0.4, 0.5) is 5.69 Å². The van der Waals surface area contributed by atoms with E-state index in [-0.39, 0.29) is 0 Å². The zero-order valence-electron chi connectivity index (χ0n) is 17.5. The average molecular weight is 392 g/mol. The molecule has 2 aromatic heterocycles. The fourth-order valence-corrected chi connectivity index (χ4v) is 4.94. The van der Waals surface area contributed by atoms with Gasteiger partial charge in [-0.1, -0.05) is 32.4 Å². The fourth-order valence-electron chi connectivity index (χ4n) is 4.94. The number of amides is 1. The van der Waals surface area contributed by atoms with Gasteiger partial charge in [-0.15, -0.1) is 0 Å². The van der Waals surface area contributed by atoms with E-state index < -0.39 is 0 Å². The van der Waals surface area contributed by atoms with E-state index in [9.17, 15) is 4.79 Å². The normalized spacial score (nSPS) is 17.5. The van der Waals surface area contributed by atoms with E-state index in [1.807, 2.05) is 12.3 Å². The summed E-state index contributed by atoms with van der Waals surface area (Å²) in [7, 11) is 0. The topological polar surface area (TPSA) is 58.6 Å². The minimum absolute atomic E-state index is 0.397. The minimum atomic E-state index is 0.397. The molecule has 1 atom stereocenters. The smallest absolute Gasteiger partial charge is 0.306 e. The van der Waals surface area contributed by atoms with Gasteiger partial charge < -0.3 is 4.98 Å². The number of carbonyl (C=O) groups excluding carboxylic acids is 1. The van der Waals surface area contributed by atoms with Gasteiger partial charge in [-0.2, -0.15) is 0 Å². The quantitative estimate of drug-likeness (QED) is 0.455. The molecule has 1 fully saturated rings. The molecule has 5 heteroatoms. The molecule has 0 radical (unpaired) electrons. The molecule has 1 N–H and O–H groups in total. The number of aromatic nitrogens is 3. The summed E-state index contributed by atoms with van der Waals surface area (Å²) in [6.45, 7) is 5.29. The maximum atomic E-state index is 12.5. The highest BCUT2D eigenvalue weighted by Gasteiger charge is 2.40. The Labute approximate surface area is 172 Å². The number of hydrogen-bond donors (Lipinski definition) is 1. The third-order valence-corrected chi connectivity index (χ3v) is 6.28. The molecule has 1 aliphatic rings. The van der Waals surface area contributed by atoms with E-state index in [4.69, 9.17) is 0 Å². The minimum Gasteiger partial charge on any atom is -0.344 e. The molecule has 1 unspecified atom stereocenters. The zero-order valence-corrected chi connectivity index (χ0v) is 17.5. The SMILES string of the molecule is CC(C)C[N+](C=O)(c1ccc(Cc2nccc3[nH]cnc23)cc1)C1CCCCC1. The molecule has 3 aromatic rings. The Morgan fingerprint density at radius 1 is 1.10 bits per heavy atom. The molecule has 0 saturated heterocycles. The van der Waals surface area contributed by atoms with E-state index in [2.05, 4.69) is 53.1 Å². The Bertz CT molecular complexity index is 956. The van der Waals surface area contributed by atoms with Gasteiger partial charge in [0, 0.05) is 31.4 Å². The van der Waals surface area contributed by atoms with Gasteiger partial charge in [0.15, 0.2) is 0 Å². The molecule has 1 aromatic carbocycles. The van der Waals surface area contributed by atoms with Crippen molar-refractivity contribution in [2.75, 3.05) is 6.54 Å². The Kier molecular flexibility index (Phi) is 5.76. The molecule has 1 saturated carbocycles. The number of nitrogens with one attached hydrogen (secondary N) is 1. The van der Waals surface area contributed by atoms with Crippen LogP contribution in [-0.4, -0.2) is 33.9 Å². The highest BCUT2D eigenvalue weighted by Crippen LogP contribution is 2.34. The predicted octanol–water partition coefficient (Wildman–Crippen LogP) is 5.00. The molecule has 5 nitrogen and oxygen atoms in total. The van der Waals surface area contributed by atoms with E-state index in [0.29, 0.717) is 16.4 Å². The average Bonchev–Trinajstić information content (AvgIpc) is 3.23. The zero-order chi connectivity index (χ0) is 20.3. The van der Waals surface area contributed by atoms with E-state index >= 15 is 0 Å². The number of H-pyrrole nitrogens is 1. The fraction of sp³-hybridized carbons (Fsp3) is 0.458. The molecule has 152 valence electrons. The van der Waals surface area contributed by atoms with Gasteiger partial charge in [0.2, 0.25) is 0 Å². The summed E-state index contributed by atoms with van der Waals surface area (Å²) in [5.41, 5.74) is 5.22. The third kappa shape index (κ3) is 3.97. The van der Waals surface area contributed by atoms with E-state index in [0.717, 1.165) is 48.2 Å². The largest absolute Gasteiger partial charge is 0.344 e. The number of nitrogens with zero attached hydrogens (tertiary/aromatic N) is 3.